The van der Waals surface area contributed by atoms with Gasteiger partial charge in [0.2, 0.25) is 5.91 Å². The molecule has 1 unspecified atom stereocenters. The van der Waals surface area contributed by atoms with Crippen molar-refractivity contribution in [2.75, 3.05) is 20.3 Å². The fraction of sp³-hybridized carbons (Fsp3) is 0.857. The molecule has 0 saturated heterocycles. The van der Waals surface area contributed by atoms with Gasteiger partial charge in [-0.2, -0.15) is 0 Å². The summed E-state index contributed by atoms with van der Waals surface area (Å²) in [6.07, 6.45) is -2.50. The number of ether oxygens (including phenoxy) is 1. The van der Waals surface area contributed by atoms with Gasteiger partial charge >= 0.3 is 0 Å². The quantitative estimate of drug-likeness (QED) is 0.676. The Morgan fingerprint density at radius 3 is 2.58 bits per heavy atom. The Bertz CT molecular complexity index is 141. The molecule has 1 N–H and O–H groups in total. The number of halogens is 2. The van der Waals surface area contributed by atoms with Crippen LogP contribution in [0, 0.1) is 5.92 Å². The van der Waals surface area contributed by atoms with Gasteiger partial charge in [0.1, 0.15) is 0 Å². The summed E-state index contributed by atoms with van der Waals surface area (Å²) in [5.41, 5.74) is 0. The molecule has 12 heavy (non-hydrogen) atoms. The van der Waals surface area contributed by atoms with Crippen LogP contribution in [0.25, 0.3) is 0 Å². The molecule has 1 amide bonds. The highest BCUT2D eigenvalue weighted by molar-refractivity contribution is 5.78. The Kier molecular flexibility index (Phi) is 5.53. The van der Waals surface area contributed by atoms with Crippen molar-refractivity contribution in [1.82, 2.24) is 5.32 Å². The fourth-order valence-corrected chi connectivity index (χ4v) is 0.678. The summed E-state index contributed by atoms with van der Waals surface area (Å²) in [6.45, 7) is 1.27. The molecule has 1 atom stereocenters. The van der Waals surface area contributed by atoms with Gasteiger partial charge in [-0.3, -0.25) is 4.79 Å². The molecule has 3 nitrogen and oxygen atoms in total. The lowest BCUT2D eigenvalue weighted by Gasteiger charge is -2.10. The second-order valence-corrected chi connectivity index (χ2v) is 2.49. The zero-order chi connectivity index (χ0) is 9.56. The van der Waals surface area contributed by atoms with Crippen molar-refractivity contribution in [3.05, 3.63) is 0 Å². The molecular formula is C7H13F2NO2. The Balaban J connectivity index is 3.57. The lowest BCUT2D eigenvalue weighted by atomic mass is 10.2. The first-order valence-electron chi connectivity index (χ1n) is 3.62. The summed E-state index contributed by atoms with van der Waals surface area (Å²) >= 11 is 0. The van der Waals surface area contributed by atoms with Crippen LogP contribution in [0.3, 0.4) is 0 Å². The third kappa shape index (κ3) is 5.01. The Morgan fingerprint density at radius 1 is 1.58 bits per heavy atom. The second-order valence-electron chi connectivity index (χ2n) is 2.49. The monoisotopic (exact) mass is 181 g/mol. The topological polar surface area (TPSA) is 38.3 Å². The summed E-state index contributed by atoms with van der Waals surface area (Å²) in [5.74, 6) is -0.786. The van der Waals surface area contributed by atoms with Crippen molar-refractivity contribution in [1.29, 1.82) is 0 Å². The number of rotatable bonds is 5. The highest BCUT2D eigenvalue weighted by Gasteiger charge is 2.13. The molecule has 0 saturated carbocycles. The summed E-state index contributed by atoms with van der Waals surface area (Å²) < 4.78 is 27.9. The molecule has 0 fully saturated rings. The van der Waals surface area contributed by atoms with Gasteiger partial charge in [0.25, 0.3) is 6.43 Å². The van der Waals surface area contributed by atoms with E-state index in [2.05, 4.69) is 10.1 Å². The minimum Gasteiger partial charge on any atom is -0.384 e. The van der Waals surface area contributed by atoms with E-state index in [0.717, 1.165) is 0 Å². The first kappa shape index (κ1) is 11.3. The number of nitrogens with one attached hydrogen (secondary N) is 1. The number of carbonyl (C=O) groups is 1. The van der Waals surface area contributed by atoms with Crippen molar-refractivity contribution < 1.29 is 18.3 Å². The molecule has 72 valence electrons. The van der Waals surface area contributed by atoms with Gasteiger partial charge in [-0.15, -0.1) is 0 Å². The number of hydrogen-bond donors (Lipinski definition) is 1. The smallest absolute Gasteiger partial charge is 0.255 e. The summed E-state index contributed by atoms with van der Waals surface area (Å²) in [6, 6.07) is 0. The van der Waals surface area contributed by atoms with Crippen molar-refractivity contribution in [2.24, 2.45) is 5.92 Å². The Morgan fingerprint density at radius 2 is 2.17 bits per heavy atom. The summed E-state index contributed by atoms with van der Waals surface area (Å²) in [7, 11) is 1.46. The zero-order valence-corrected chi connectivity index (χ0v) is 7.14. The number of amides is 1. The van der Waals surface area contributed by atoms with Crippen LogP contribution in [-0.4, -0.2) is 32.6 Å². The van der Waals surface area contributed by atoms with E-state index in [9.17, 15) is 13.6 Å². The van der Waals surface area contributed by atoms with Gasteiger partial charge in [-0.05, 0) is 0 Å². The highest BCUT2D eigenvalue weighted by atomic mass is 19.3. The average molecular weight is 181 g/mol. The van der Waals surface area contributed by atoms with Crippen LogP contribution >= 0.6 is 0 Å². The van der Waals surface area contributed by atoms with Gasteiger partial charge in [0.05, 0.1) is 19.1 Å². The standard InChI is InChI=1S/C7H13F2NO2/c1-5(4-12-2)7(11)10-3-6(8)9/h5-6H,3-4H2,1-2H3,(H,10,11). The number of hydrogen-bond acceptors (Lipinski definition) is 2. The maximum atomic E-state index is 11.6. The fourth-order valence-electron chi connectivity index (χ4n) is 0.678. The zero-order valence-electron chi connectivity index (χ0n) is 7.14. The number of carbonyl (C=O) groups excluding carboxylic acids is 1. The molecule has 0 aromatic rings. The molecule has 0 aliphatic carbocycles. The van der Waals surface area contributed by atoms with Gasteiger partial charge in [-0.1, -0.05) is 6.92 Å². The third-order valence-corrected chi connectivity index (χ3v) is 1.29. The maximum Gasteiger partial charge on any atom is 0.255 e. The maximum absolute atomic E-state index is 11.6. The Labute approximate surface area is 70.1 Å². The van der Waals surface area contributed by atoms with Gasteiger partial charge in [-0.25, -0.2) is 8.78 Å². The third-order valence-electron chi connectivity index (χ3n) is 1.29. The van der Waals surface area contributed by atoms with Crippen molar-refractivity contribution in [2.45, 2.75) is 13.3 Å². The van der Waals surface area contributed by atoms with Crippen molar-refractivity contribution >= 4 is 5.91 Å². The van der Waals surface area contributed by atoms with Crippen molar-refractivity contribution in [3.63, 3.8) is 0 Å². The minimum atomic E-state index is -2.50. The number of alkyl halides is 2. The van der Waals surface area contributed by atoms with Crippen LogP contribution in [0.15, 0.2) is 0 Å². The molecule has 0 spiro atoms. The van der Waals surface area contributed by atoms with Crippen LogP contribution in [0.4, 0.5) is 8.78 Å². The van der Waals surface area contributed by atoms with Crippen LogP contribution in [0.5, 0.6) is 0 Å². The largest absolute Gasteiger partial charge is 0.384 e. The number of methoxy groups -OCH3 is 1. The molecule has 0 aliphatic heterocycles. The molecule has 0 radical (unpaired) electrons. The lowest BCUT2D eigenvalue weighted by Crippen LogP contribution is -2.34. The van der Waals surface area contributed by atoms with Crippen molar-refractivity contribution in [3.8, 4) is 0 Å². The molecule has 0 heterocycles. The SMILES string of the molecule is COCC(C)C(=O)NCC(F)F. The molecule has 0 aliphatic rings. The normalized spacial score (nSPS) is 13.1. The van der Waals surface area contributed by atoms with E-state index < -0.39 is 18.9 Å². The van der Waals surface area contributed by atoms with E-state index >= 15 is 0 Å². The van der Waals surface area contributed by atoms with Gasteiger partial charge < -0.3 is 10.1 Å². The Hall–Kier alpha value is -0.710. The lowest BCUT2D eigenvalue weighted by molar-refractivity contribution is -0.126. The van der Waals surface area contributed by atoms with Crippen LogP contribution < -0.4 is 5.32 Å². The van der Waals surface area contributed by atoms with E-state index in [-0.39, 0.29) is 12.5 Å². The predicted molar refractivity (Wildman–Crippen MR) is 40.1 cm³/mol. The van der Waals surface area contributed by atoms with Crippen LogP contribution in [0.2, 0.25) is 0 Å². The van der Waals surface area contributed by atoms with Gasteiger partial charge in [0, 0.05) is 7.11 Å². The van der Waals surface area contributed by atoms with E-state index in [1.54, 1.807) is 6.92 Å². The summed E-state index contributed by atoms with van der Waals surface area (Å²) in [4.78, 5) is 10.9. The summed E-state index contributed by atoms with van der Waals surface area (Å²) in [5, 5.41) is 2.10. The van der Waals surface area contributed by atoms with E-state index in [0.29, 0.717) is 0 Å². The van der Waals surface area contributed by atoms with Gasteiger partial charge in [0.15, 0.2) is 0 Å². The molecule has 0 rings (SSSR count). The second kappa shape index (κ2) is 5.88. The van der Waals surface area contributed by atoms with E-state index in [1.807, 2.05) is 0 Å². The minimum absolute atomic E-state index is 0.245. The predicted octanol–water partition coefficient (Wildman–Crippen LogP) is 0.650. The highest BCUT2D eigenvalue weighted by Crippen LogP contribution is 1.95. The van der Waals surface area contributed by atoms with E-state index in [1.165, 1.54) is 7.11 Å². The molecule has 5 heteroatoms. The molecule has 0 aromatic heterocycles. The first-order valence-corrected chi connectivity index (χ1v) is 3.62. The molecule has 0 bridgehead atoms. The van der Waals surface area contributed by atoms with E-state index in [4.69, 9.17) is 0 Å². The van der Waals surface area contributed by atoms with Crippen LogP contribution in [0.1, 0.15) is 6.92 Å². The molecular weight excluding hydrogens is 168 g/mol. The average Bonchev–Trinajstić information content (AvgIpc) is 2.00. The molecule has 0 aromatic carbocycles. The first-order chi connectivity index (χ1) is 5.57. The van der Waals surface area contributed by atoms with Crippen LogP contribution in [-0.2, 0) is 9.53 Å².